The van der Waals surface area contributed by atoms with Gasteiger partial charge in [0.2, 0.25) is 5.85 Å². The molecule has 0 saturated heterocycles. The summed E-state index contributed by atoms with van der Waals surface area (Å²) in [4.78, 5) is 11.8. The van der Waals surface area contributed by atoms with E-state index in [-0.39, 0.29) is 28.4 Å². The van der Waals surface area contributed by atoms with E-state index in [9.17, 15) is 27.5 Å². The molecule has 6 radical (unpaired) electrons. The summed E-state index contributed by atoms with van der Waals surface area (Å²) >= 11 is 0. The highest BCUT2D eigenvalue weighted by atomic mass is 19.2. The van der Waals surface area contributed by atoms with Crippen molar-refractivity contribution in [3.63, 3.8) is 0 Å². The Hall–Kier alpha value is -3.96. The van der Waals surface area contributed by atoms with Crippen molar-refractivity contribution in [2.45, 2.75) is 5.85 Å². The molecule has 6 nitrogen and oxygen atoms in total. The van der Waals surface area contributed by atoms with Crippen molar-refractivity contribution in [2.75, 3.05) is 28.4 Å². The predicted molar refractivity (Wildman–Crippen MR) is 148 cm³/mol. The van der Waals surface area contributed by atoms with Crippen LogP contribution in [0.1, 0.15) is 21.5 Å². The first-order valence-corrected chi connectivity index (χ1v) is 11.3. The largest absolute Gasteiger partial charge is 0.872 e. The minimum absolute atomic E-state index is 0. The Morgan fingerprint density at radius 2 is 0.905 bits per heavy atom. The number of ketones is 1. The molecular weight excluding hydrogens is 554 g/mol. The number of allylic oxidation sites excluding steroid dienone is 3. The molecule has 3 aromatic rings. The van der Waals surface area contributed by atoms with E-state index in [1.54, 1.807) is 0 Å². The fraction of sp³-hybridized carbons (Fsp3) is 0.167. The SMILES string of the molecule is COC1(F)C=CC(=C([O-])c2ccc(F)cc2)C=C1.C[O-].C[O-].C[O-].O=C(c1ccc(F)cc1)c1ccc(F)cc1.[B].[B]. The highest BCUT2D eigenvalue weighted by molar-refractivity contribution is 6.08. The first kappa shape index (κ1) is 42.5. The van der Waals surface area contributed by atoms with Gasteiger partial charge in [-0.3, -0.25) is 4.79 Å². The summed E-state index contributed by atoms with van der Waals surface area (Å²) in [6.07, 6.45) is 5.03. The van der Waals surface area contributed by atoms with E-state index in [1.807, 2.05) is 0 Å². The molecule has 0 aliphatic heterocycles. The molecule has 42 heavy (non-hydrogen) atoms. The van der Waals surface area contributed by atoms with E-state index in [1.165, 1.54) is 92.1 Å². The van der Waals surface area contributed by atoms with Gasteiger partial charge in [0, 0.05) is 35.1 Å². The summed E-state index contributed by atoms with van der Waals surface area (Å²) in [6.45, 7) is 0. The Morgan fingerprint density at radius 3 is 1.19 bits per heavy atom. The second-order valence-electron chi connectivity index (χ2n) is 7.20. The zero-order valence-corrected chi connectivity index (χ0v) is 23.4. The van der Waals surface area contributed by atoms with Crippen molar-refractivity contribution in [1.82, 2.24) is 0 Å². The Labute approximate surface area is 247 Å². The molecule has 4 rings (SSSR count). The van der Waals surface area contributed by atoms with Crippen LogP contribution in [0.3, 0.4) is 0 Å². The van der Waals surface area contributed by atoms with Gasteiger partial charge in [0.15, 0.2) is 5.78 Å². The Bertz CT molecular complexity index is 1180. The van der Waals surface area contributed by atoms with E-state index >= 15 is 0 Å². The molecular formula is C30H28B2F4O6-4. The molecule has 222 valence electrons. The van der Waals surface area contributed by atoms with Crippen molar-refractivity contribution in [3.05, 3.63) is 137 Å². The second kappa shape index (κ2) is 22.7. The van der Waals surface area contributed by atoms with Crippen molar-refractivity contribution in [1.29, 1.82) is 0 Å². The van der Waals surface area contributed by atoms with Gasteiger partial charge < -0.3 is 25.2 Å². The molecule has 0 saturated carbocycles. The van der Waals surface area contributed by atoms with Crippen LogP contribution in [0.4, 0.5) is 17.6 Å². The van der Waals surface area contributed by atoms with Crippen LogP contribution >= 0.6 is 0 Å². The fourth-order valence-corrected chi connectivity index (χ4v) is 2.94. The van der Waals surface area contributed by atoms with E-state index in [4.69, 9.17) is 15.3 Å². The topological polar surface area (TPSA) is 119 Å². The van der Waals surface area contributed by atoms with Crippen molar-refractivity contribution in [3.8, 4) is 0 Å². The number of carbonyl (C=O) groups excluding carboxylic acids is 1. The summed E-state index contributed by atoms with van der Waals surface area (Å²) < 4.78 is 56.3. The van der Waals surface area contributed by atoms with Gasteiger partial charge in [-0.15, -0.1) is 0 Å². The monoisotopic (exact) mass is 582 g/mol. The number of carbonyl (C=O) groups is 1. The molecule has 0 fully saturated rings. The molecule has 0 unspecified atom stereocenters. The summed E-state index contributed by atoms with van der Waals surface area (Å²) in [5.74, 6) is -3.70. The normalized spacial score (nSPS) is 13.8. The van der Waals surface area contributed by atoms with Gasteiger partial charge in [-0.25, -0.2) is 17.6 Å². The van der Waals surface area contributed by atoms with Gasteiger partial charge in [0.1, 0.15) is 17.5 Å². The number of halogens is 4. The minimum Gasteiger partial charge on any atom is -0.872 e. The zero-order chi connectivity index (χ0) is 30.7. The molecule has 0 N–H and O–H groups in total. The van der Waals surface area contributed by atoms with Gasteiger partial charge in [-0.1, -0.05) is 30.0 Å². The van der Waals surface area contributed by atoms with Gasteiger partial charge in [-0.05, 0) is 84.0 Å². The molecule has 0 amide bonds. The Balaban J connectivity index is -0.000000593. The predicted octanol–water partition coefficient (Wildman–Crippen LogP) is 1.70. The molecule has 0 spiro atoms. The Kier molecular flexibility index (Phi) is 23.0. The van der Waals surface area contributed by atoms with E-state index in [0.717, 1.165) is 33.5 Å². The van der Waals surface area contributed by atoms with Crippen LogP contribution in [-0.2, 0) is 4.74 Å². The third kappa shape index (κ3) is 13.6. The molecule has 12 heteroatoms. The zero-order valence-electron chi connectivity index (χ0n) is 23.4. The van der Waals surface area contributed by atoms with Crippen molar-refractivity contribution >= 4 is 28.4 Å². The number of benzene rings is 3. The maximum absolute atomic E-state index is 13.6. The summed E-state index contributed by atoms with van der Waals surface area (Å²) in [7, 11) is 3.49. The molecule has 0 heterocycles. The maximum atomic E-state index is 13.6. The summed E-state index contributed by atoms with van der Waals surface area (Å²) in [5, 5.41) is 36.7. The third-order valence-corrected chi connectivity index (χ3v) is 4.87. The van der Waals surface area contributed by atoms with Gasteiger partial charge in [-0.2, -0.15) is 21.3 Å². The maximum Gasteiger partial charge on any atom is 0.248 e. The third-order valence-electron chi connectivity index (χ3n) is 4.87. The average molecular weight is 582 g/mol. The molecule has 3 aromatic carbocycles. The smallest absolute Gasteiger partial charge is 0.248 e. The number of rotatable bonds is 4. The number of ether oxygens (including phenoxy) is 1. The minimum atomic E-state index is -1.97. The molecule has 0 bridgehead atoms. The quantitative estimate of drug-likeness (QED) is 0.200. The van der Waals surface area contributed by atoms with E-state index in [2.05, 4.69) is 4.74 Å². The number of methoxy groups -OCH3 is 1. The number of hydrogen-bond donors (Lipinski definition) is 0. The van der Waals surface area contributed by atoms with Crippen LogP contribution in [-0.4, -0.2) is 56.9 Å². The van der Waals surface area contributed by atoms with Crippen LogP contribution in [0.25, 0.3) is 5.76 Å². The van der Waals surface area contributed by atoms with Crippen LogP contribution in [0.2, 0.25) is 0 Å². The molecule has 1 aliphatic carbocycles. The lowest BCUT2D eigenvalue weighted by Crippen LogP contribution is -2.21. The lowest BCUT2D eigenvalue weighted by Gasteiger charge is -2.22. The number of alkyl halides is 1. The van der Waals surface area contributed by atoms with Gasteiger partial charge >= 0.3 is 0 Å². The van der Waals surface area contributed by atoms with Crippen LogP contribution in [0.15, 0.2) is 103 Å². The van der Waals surface area contributed by atoms with E-state index in [0.29, 0.717) is 22.3 Å². The standard InChI is InChI=1S/C14H12F2O2.C13H8F2O.3CH3O.2B/c1-18-14(16)8-6-11(7-9-14)13(17)10-2-4-12(15)5-3-10;14-11-5-1-9(2-6-11)13(16)10-3-7-12(15)8-4-10;3*1-2;;/h2-9,17H,1H3;1-8H;3*1H3;;/q;;3*-1;;/p-1. The summed E-state index contributed by atoms with van der Waals surface area (Å²) in [6, 6.07) is 15.7. The van der Waals surface area contributed by atoms with Gasteiger partial charge in [0.25, 0.3) is 0 Å². The van der Waals surface area contributed by atoms with Crippen molar-refractivity contribution < 1.29 is 47.5 Å². The average Bonchev–Trinajstić information content (AvgIpc) is 3.01. The molecule has 0 aromatic heterocycles. The first-order valence-electron chi connectivity index (χ1n) is 11.3. The fourth-order valence-electron chi connectivity index (χ4n) is 2.94. The second-order valence-corrected chi connectivity index (χ2v) is 7.20. The first-order chi connectivity index (χ1) is 19.2. The highest BCUT2D eigenvalue weighted by Crippen LogP contribution is 2.26. The molecule has 0 atom stereocenters. The molecule has 1 aliphatic rings. The summed E-state index contributed by atoms with van der Waals surface area (Å²) in [5.41, 5.74) is 1.44. The van der Waals surface area contributed by atoms with Crippen LogP contribution < -0.4 is 20.4 Å². The number of hydrogen-bond acceptors (Lipinski definition) is 6. The van der Waals surface area contributed by atoms with Crippen LogP contribution in [0.5, 0.6) is 0 Å². The van der Waals surface area contributed by atoms with Crippen LogP contribution in [0, 0.1) is 17.5 Å². The van der Waals surface area contributed by atoms with E-state index < -0.39 is 23.3 Å². The highest BCUT2D eigenvalue weighted by Gasteiger charge is 2.23. The van der Waals surface area contributed by atoms with Gasteiger partial charge in [0.05, 0.1) is 0 Å². The lowest BCUT2D eigenvalue weighted by atomic mass is 10.0. The Morgan fingerprint density at radius 1 is 0.619 bits per heavy atom. The van der Waals surface area contributed by atoms with Crippen molar-refractivity contribution in [2.24, 2.45) is 0 Å². The lowest BCUT2D eigenvalue weighted by molar-refractivity contribution is -0.325.